The molecule has 0 radical (unpaired) electrons. The molecule has 4 rings (SSSR count). The van der Waals surface area contributed by atoms with Gasteiger partial charge < -0.3 is 5.32 Å². The Morgan fingerprint density at radius 2 is 1.92 bits per heavy atom. The molecule has 0 aliphatic rings. The number of non-ortho nitro benzene ring substituents is 1. The van der Waals surface area contributed by atoms with Crippen molar-refractivity contribution in [1.29, 1.82) is 0 Å². The number of hydrogen-bond acceptors (Lipinski definition) is 6. The van der Waals surface area contributed by atoms with Crippen molar-refractivity contribution in [2.45, 2.75) is 6.92 Å². The summed E-state index contributed by atoms with van der Waals surface area (Å²) < 4.78 is 1.77. The highest BCUT2D eigenvalue weighted by Crippen LogP contribution is 2.29. The standard InChI is InChI=1S/C16H12N6O2/c1-10-19-20-16-18-15(17-11-5-3-2-4-6-11)13-9-12(22(23)24)7-8-14(13)21(10)16/h2-9H,1H3,(H,17,18,20). The zero-order valence-electron chi connectivity index (χ0n) is 12.7. The minimum absolute atomic E-state index is 0.00508. The van der Waals surface area contributed by atoms with Crippen LogP contribution in [0.15, 0.2) is 48.5 Å². The summed E-state index contributed by atoms with van der Waals surface area (Å²) in [5, 5.41) is 23.1. The lowest BCUT2D eigenvalue weighted by Gasteiger charge is -2.10. The number of nitrogens with zero attached hydrogens (tertiary/aromatic N) is 5. The number of aromatic nitrogens is 4. The highest BCUT2D eigenvalue weighted by Gasteiger charge is 2.16. The Kier molecular flexibility index (Phi) is 3.09. The summed E-state index contributed by atoms with van der Waals surface area (Å²) in [6, 6.07) is 14.1. The number of hydrogen-bond donors (Lipinski definition) is 1. The second kappa shape index (κ2) is 5.27. The molecule has 0 bridgehead atoms. The smallest absolute Gasteiger partial charge is 0.270 e. The highest BCUT2D eigenvalue weighted by molar-refractivity contribution is 5.94. The number of nitro benzene ring substituents is 1. The Bertz CT molecular complexity index is 1070. The Morgan fingerprint density at radius 1 is 1.12 bits per heavy atom. The van der Waals surface area contributed by atoms with E-state index in [1.54, 1.807) is 10.5 Å². The highest BCUT2D eigenvalue weighted by atomic mass is 16.6. The lowest BCUT2D eigenvalue weighted by Crippen LogP contribution is -2.01. The predicted molar refractivity (Wildman–Crippen MR) is 89.4 cm³/mol. The molecule has 1 N–H and O–H groups in total. The van der Waals surface area contributed by atoms with Crippen LogP contribution < -0.4 is 5.32 Å². The van der Waals surface area contributed by atoms with Crippen molar-refractivity contribution in [2.75, 3.05) is 5.32 Å². The fourth-order valence-electron chi connectivity index (χ4n) is 2.64. The van der Waals surface area contributed by atoms with Crippen LogP contribution in [0.1, 0.15) is 5.82 Å². The average molecular weight is 320 g/mol. The molecule has 0 aliphatic carbocycles. The van der Waals surface area contributed by atoms with Crippen LogP contribution in [0.2, 0.25) is 0 Å². The number of benzene rings is 2. The van der Waals surface area contributed by atoms with E-state index in [-0.39, 0.29) is 5.69 Å². The van der Waals surface area contributed by atoms with E-state index < -0.39 is 4.92 Å². The van der Waals surface area contributed by atoms with Crippen LogP contribution in [-0.2, 0) is 0 Å². The SMILES string of the molecule is Cc1nnc2nc(Nc3ccccc3)c3cc([N+](=O)[O-])ccc3n12. The fourth-order valence-corrected chi connectivity index (χ4v) is 2.64. The maximum absolute atomic E-state index is 11.1. The van der Waals surface area contributed by atoms with Crippen LogP contribution in [-0.4, -0.2) is 24.5 Å². The Labute approximate surface area is 135 Å². The number of nitro groups is 1. The molecular weight excluding hydrogens is 308 g/mol. The second-order valence-corrected chi connectivity index (χ2v) is 5.29. The van der Waals surface area contributed by atoms with Crippen LogP contribution in [0.4, 0.5) is 17.2 Å². The lowest BCUT2D eigenvalue weighted by molar-refractivity contribution is -0.384. The van der Waals surface area contributed by atoms with Gasteiger partial charge in [-0.2, -0.15) is 4.98 Å². The first kappa shape index (κ1) is 14.1. The van der Waals surface area contributed by atoms with E-state index in [0.29, 0.717) is 22.8 Å². The number of nitrogens with one attached hydrogen (secondary N) is 1. The molecule has 0 spiro atoms. The van der Waals surface area contributed by atoms with Crippen LogP contribution in [0.3, 0.4) is 0 Å². The minimum Gasteiger partial charge on any atom is -0.340 e. The van der Waals surface area contributed by atoms with Gasteiger partial charge in [0.1, 0.15) is 11.6 Å². The van der Waals surface area contributed by atoms with Crippen molar-refractivity contribution in [3.05, 3.63) is 64.5 Å². The third-order valence-electron chi connectivity index (χ3n) is 3.74. The fraction of sp³-hybridized carbons (Fsp3) is 0.0625. The first-order valence-electron chi connectivity index (χ1n) is 7.25. The molecular formula is C16H12N6O2. The Morgan fingerprint density at radius 3 is 2.67 bits per heavy atom. The molecule has 0 atom stereocenters. The van der Waals surface area contributed by atoms with Crippen LogP contribution in [0.25, 0.3) is 16.7 Å². The molecule has 0 amide bonds. The van der Waals surface area contributed by atoms with Crippen molar-refractivity contribution in [2.24, 2.45) is 0 Å². The Hall–Kier alpha value is -3.55. The van der Waals surface area contributed by atoms with E-state index in [4.69, 9.17) is 0 Å². The minimum atomic E-state index is -0.422. The third-order valence-corrected chi connectivity index (χ3v) is 3.74. The van der Waals surface area contributed by atoms with Crippen molar-refractivity contribution < 1.29 is 4.92 Å². The van der Waals surface area contributed by atoms with E-state index in [1.807, 2.05) is 37.3 Å². The normalized spacial score (nSPS) is 11.0. The monoisotopic (exact) mass is 320 g/mol. The second-order valence-electron chi connectivity index (χ2n) is 5.29. The molecule has 2 heterocycles. The molecule has 8 nitrogen and oxygen atoms in total. The zero-order chi connectivity index (χ0) is 16.7. The summed E-state index contributed by atoms with van der Waals surface area (Å²) in [5.41, 5.74) is 1.59. The molecule has 2 aromatic heterocycles. The summed E-state index contributed by atoms with van der Waals surface area (Å²) in [6.45, 7) is 1.81. The summed E-state index contributed by atoms with van der Waals surface area (Å²) in [6.07, 6.45) is 0. The van der Waals surface area contributed by atoms with E-state index in [9.17, 15) is 10.1 Å². The van der Waals surface area contributed by atoms with Gasteiger partial charge in [-0.15, -0.1) is 10.2 Å². The first-order valence-corrected chi connectivity index (χ1v) is 7.25. The number of anilines is 2. The van der Waals surface area contributed by atoms with E-state index in [2.05, 4.69) is 20.5 Å². The first-order chi connectivity index (χ1) is 11.6. The molecule has 24 heavy (non-hydrogen) atoms. The quantitative estimate of drug-likeness (QED) is 0.459. The van der Waals surface area contributed by atoms with Crippen molar-refractivity contribution in [3.8, 4) is 0 Å². The predicted octanol–water partition coefficient (Wildman–Crippen LogP) is 3.24. The third kappa shape index (κ3) is 2.21. The van der Waals surface area contributed by atoms with Crippen molar-refractivity contribution >= 4 is 33.9 Å². The maximum atomic E-state index is 11.1. The van der Waals surface area contributed by atoms with Gasteiger partial charge in [-0.1, -0.05) is 18.2 Å². The van der Waals surface area contributed by atoms with Gasteiger partial charge in [0.2, 0.25) is 0 Å². The zero-order valence-corrected chi connectivity index (χ0v) is 12.7. The maximum Gasteiger partial charge on any atom is 0.270 e. The van der Waals surface area contributed by atoms with Crippen LogP contribution in [0, 0.1) is 17.0 Å². The molecule has 8 heteroatoms. The van der Waals surface area contributed by atoms with Crippen LogP contribution >= 0.6 is 0 Å². The summed E-state index contributed by atoms with van der Waals surface area (Å²) >= 11 is 0. The van der Waals surface area contributed by atoms with Gasteiger partial charge in [0.05, 0.1) is 10.4 Å². The number of para-hydroxylation sites is 1. The number of fused-ring (bicyclic) bond motifs is 3. The van der Waals surface area contributed by atoms with Crippen molar-refractivity contribution in [3.63, 3.8) is 0 Å². The topological polar surface area (TPSA) is 98.2 Å². The number of rotatable bonds is 3. The van der Waals surface area contributed by atoms with E-state index in [1.165, 1.54) is 12.1 Å². The molecule has 0 saturated carbocycles. The molecule has 0 unspecified atom stereocenters. The average Bonchev–Trinajstić information content (AvgIpc) is 2.96. The molecule has 0 aliphatic heterocycles. The summed E-state index contributed by atoms with van der Waals surface area (Å²) in [7, 11) is 0. The van der Waals surface area contributed by atoms with Gasteiger partial charge in [0, 0.05) is 23.2 Å². The van der Waals surface area contributed by atoms with E-state index >= 15 is 0 Å². The molecule has 118 valence electrons. The lowest BCUT2D eigenvalue weighted by atomic mass is 10.2. The molecule has 0 fully saturated rings. The molecule has 0 saturated heterocycles. The summed E-state index contributed by atoms with van der Waals surface area (Å²) in [5.74, 6) is 1.61. The van der Waals surface area contributed by atoms with Crippen LogP contribution in [0.5, 0.6) is 0 Å². The van der Waals surface area contributed by atoms with E-state index in [0.717, 1.165) is 11.2 Å². The van der Waals surface area contributed by atoms with Gasteiger partial charge in [0.15, 0.2) is 0 Å². The van der Waals surface area contributed by atoms with Gasteiger partial charge in [-0.05, 0) is 25.1 Å². The summed E-state index contributed by atoms with van der Waals surface area (Å²) in [4.78, 5) is 15.2. The number of aryl methyl sites for hydroxylation is 1. The van der Waals surface area contributed by atoms with Gasteiger partial charge >= 0.3 is 0 Å². The van der Waals surface area contributed by atoms with Gasteiger partial charge in [-0.3, -0.25) is 14.5 Å². The van der Waals surface area contributed by atoms with Gasteiger partial charge in [-0.25, -0.2) is 0 Å². The van der Waals surface area contributed by atoms with Gasteiger partial charge in [0.25, 0.3) is 11.5 Å². The Balaban J connectivity index is 2.01. The van der Waals surface area contributed by atoms with Crippen molar-refractivity contribution in [1.82, 2.24) is 19.6 Å². The molecule has 2 aromatic carbocycles. The molecule has 4 aromatic rings. The largest absolute Gasteiger partial charge is 0.340 e.